The smallest absolute Gasteiger partial charge is 0.309 e. The van der Waals surface area contributed by atoms with E-state index in [0.717, 1.165) is 31.2 Å². The highest BCUT2D eigenvalue weighted by Crippen LogP contribution is 2.40. The van der Waals surface area contributed by atoms with E-state index in [9.17, 15) is 14.9 Å². The normalized spacial score (nSPS) is 25.2. The molecule has 1 saturated carbocycles. The van der Waals surface area contributed by atoms with E-state index in [-0.39, 0.29) is 24.4 Å². The lowest BCUT2D eigenvalue weighted by atomic mass is 9.89. The lowest BCUT2D eigenvalue weighted by Gasteiger charge is -2.17. The van der Waals surface area contributed by atoms with Crippen molar-refractivity contribution < 1.29 is 14.3 Å². The van der Waals surface area contributed by atoms with Crippen LogP contribution < -0.4 is 5.32 Å². The van der Waals surface area contributed by atoms with E-state index in [1.165, 1.54) is 16.2 Å². The van der Waals surface area contributed by atoms with Gasteiger partial charge in [0.05, 0.1) is 11.5 Å². The van der Waals surface area contributed by atoms with Gasteiger partial charge in [0, 0.05) is 4.88 Å². The van der Waals surface area contributed by atoms with Gasteiger partial charge in [-0.25, -0.2) is 0 Å². The molecule has 0 bridgehead atoms. The SMILES string of the molecule is C[C@@H]1CCc2c(sc(NC(=O)COC(=O)[C@H]3C[C@@H]3C)c2C#N)C1. The Labute approximate surface area is 139 Å². The minimum atomic E-state index is -0.380. The first-order valence-corrected chi connectivity index (χ1v) is 8.82. The lowest BCUT2D eigenvalue weighted by Crippen LogP contribution is -2.21. The molecule has 3 rings (SSSR count). The number of esters is 1. The number of nitrogens with zero attached hydrogens (tertiary/aromatic N) is 1. The van der Waals surface area contributed by atoms with Crippen LogP contribution in [0.1, 0.15) is 42.7 Å². The fourth-order valence-electron chi connectivity index (χ4n) is 3.01. The first kappa shape index (κ1) is 16.0. The van der Waals surface area contributed by atoms with Crippen LogP contribution in [0.25, 0.3) is 0 Å². The minimum absolute atomic E-state index is 0.0481. The van der Waals surface area contributed by atoms with E-state index in [1.54, 1.807) is 0 Å². The molecule has 122 valence electrons. The second-order valence-electron chi connectivity index (χ2n) is 6.64. The number of hydrogen-bond donors (Lipinski definition) is 1. The molecule has 0 aromatic carbocycles. The van der Waals surface area contributed by atoms with Crippen molar-refractivity contribution in [1.82, 2.24) is 0 Å². The van der Waals surface area contributed by atoms with E-state index in [2.05, 4.69) is 18.3 Å². The van der Waals surface area contributed by atoms with Crippen molar-refractivity contribution in [3.63, 3.8) is 0 Å². The van der Waals surface area contributed by atoms with Crippen LogP contribution in [0.15, 0.2) is 0 Å². The summed E-state index contributed by atoms with van der Waals surface area (Å²) in [5.41, 5.74) is 1.65. The van der Waals surface area contributed by atoms with Crippen LogP contribution in [-0.4, -0.2) is 18.5 Å². The number of nitrogens with one attached hydrogen (secondary N) is 1. The molecular weight excluding hydrogens is 312 g/mol. The van der Waals surface area contributed by atoms with E-state index >= 15 is 0 Å². The van der Waals surface area contributed by atoms with Gasteiger partial charge in [0.15, 0.2) is 6.61 Å². The number of hydrogen-bond acceptors (Lipinski definition) is 5. The van der Waals surface area contributed by atoms with Gasteiger partial charge >= 0.3 is 5.97 Å². The van der Waals surface area contributed by atoms with Crippen LogP contribution in [0.2, 0.25) is 0 Å². The van der Waals surface area contributed by atoms with Gasteiger partial charge < -0.3 is 10.1 Å². The molecule has 1 N–H and O–H groups in total. The largest absolute Gasteiger partial charge is 0.455 e. The predicted molar refractivity (Wildman–Crippen MR) is 87.1 cm³/mol. The molecule has 1 amide bonds. The number of anilines is 1. The Balaban J connectivity index is 1.62. The first-order valence-electron chi connectivity index (χ1n) is 8.00. The third-order valence-corrected chi connectivity index (χ3v) is 5.80. The van der Waals surface area contributed by atoms with Gasteiger partial charge in [-0.15, -0.1) is 11.3 Å². The molecule has 2 aliphatic rings. The Hall–Kier alpha value is -1.87. The third-order valence-electron chi connectivity index (χ3n) is 4.63. The van der Waals surface area contributed by atoms with E-state index in [1.807, 2.05) is 6.92 Å². The fraction of sp³-hybridized carbons (Fsp3) is 0.588. The second-order valence-corrected chi connectivity index (χ2v) is 7.75. The Bertz CT molecular complexity index is 689. The summed E-state index contributed by atoms with van der Waals surface area (Å²) >= 11 is 1.48. The van der Waals surface area contributed by atoms with Crippen molar-refractivity contribution in [2.45, 2.75) is 39.5 Å². The van der Waals surface area contributed by atoms with Crippen molar-refractivity contribution in [1.29, 1.82) is 5.26 Å². The Morgan fingerprint density at radius 2 is 2.17 bits per heavy atom. The number of carbonyl (C=O) groups excluding carboxylic acids is 2. The van der Waals surface area contributed by atoms with Crippen LogP contribution in [0, 0.1) is 29.1 Å². The maximum absolute atomic E-state index is 12.0. The summed E-state index contributed by atoms with van der Waals surface area (Å²) in [6, 6.07) is 2.21. The number of ether oxygens (including phenoxy) is 1. The number of amides is 1. The van der Waals surface area contributed by atoms with Crippen molar-refractivity contribution >= 4 is 28.2 Å². The molecule has 0 radical (unpaired) electrons. The highest BCUT2D eigenvalue weighted by molar-refractivity contribution is 7.16. The zero-order valence-corrected chi connectivity index (χ0v) is 14.2. The summed E-state index contributed by atoms with van der Waals surface area (Å²) < 4.78 is 5.03. The topological polar surface area (TPSA) is 79.2 Å². The number of fused-ring (bicyclic) bond motifs is 1. The maximum atomic E-state index is 12.0. The molecule has 6 heteroatoms. The Kier molecular flexibility index (Phi) is 4.40. The van der Waals surface area contributed by atoms with Gasteiger partial charge in [0.25, 0.3) is 5.91 Å². The van der Waals surface area contributed by atoms with E-state index in [0.29, 0.717) is 22.4 Å². The van der Waals surface area contributed by atoms with Crippen LogP contribution in [0.5, 0.6) is 0 Å². The molecule has 3 atom stereocenters. The summed E-state index contributed by atoms with van der Waals surface area (Å²) in [5.74, 6) is 0.245. The summed E-state index contributed by atoms with van der Waals surface area (Å²) in [5, 5.41) is 12.7. The quantitative estimate of drug-likeness (QED) is 0.860. The standard InChI is InChI=1S/C17H20N2O3S/c1-9-3-4-11-13(7-18)16(23-14(11)5-9)19-15(20)8-22-17(21)12-6-10(12)2/h9-10,12H,3-6,8H2,1-2H3,(H,19,20)/t9-,10+,12+/m1/s1. The van der Waals surface area contributed by atoms with Gasteiger partial charge in [-0.05, 0) is 43.1 Å². The van der Waals surface area contributed by atoms with Crippen molar-refractivity contribution in [3.8, 4) is 6.07 Å². The highest BCUT2D eigenvalue weighted by atomic mass is 32.1. The Morgan fingerprint density at radius 1 is 1.43 bits per heavy atom. The summed E-state index contributed by atoms with van der Waals surface area (Å²) in [6.45, 7) is 3.90. The molecule has 0 unspecified atom stereocenters. The average molecular weight is 332 g/mol. The zero-order chi connectivity index (χ0) is 16.6. The van der Waals surface area contributed by atoms with Crippen LogP contribution in [0.4, 0.5) is 5.00 Å². The highest BCUT2D eigenvalue weighted by Gasteiger charge is 2.40. The molecule has 5 nitrogen and oxygen atoms in total. The first-order chi connectivity index (χ1) is 11.0. The van der Waals surface area contributed by atoms with Crippen LogP contribution in [-0.2, 0) is 27.2 Å². The van der Waals surface area contributed by atoms with Gasteiger partial charge in [-0.1, -0.05) is 13.8 Å². The van der Waals surface area contributed by atoms with Crippen molar-refractivity contribution in [2.24, 2.45) is 17.8 Å². The molecule has 0 aliphatic heterocycles. The van der Waals surface area contributed by atoms with Gasteiger partial charge in [-0.3, -0.25) is 9.59 Å². The summed E-state index contributed by atoms with van der Waals surface area (Å²) in [4.78, 5) is 24.8. The number of carbonyl (C=O) groups is 2. The van der Waals surface area contributed by atoms with Crippen LogP contribution >= 0.6 is 11.3 Å². The molecule has 1 aromatic heterocycles. The second kappa shape index (κ2) is 6.32. The summed E-state index contributed by atoms with van der Waals surface area (Å²) in [7, 11) is 0. The van der Waals surface area contributed by atoms with Gasteiger partial charge in [-0.2, -0.15) is 5.26 Å². The monoisotopic (exact) mass is 332 g/mol. The van der Waals surface area contributed by atoms with Crippen molar-refractivity contribution in [3.05, 3.63) is 16.0 Å². The number of nitriles is 1. The fourth-order valence-corrected chi connectivity index (χ4v) is 4.39. The summed E-state index contributed by atoms with van der Waals surface area (Å²) in [6.07, 6.45) is 3.76. The van der Waals surface area contributed by atoms with Gasteiger partial charge in [0.1, 0.15) is 11.1 Å². The Morgan fingerprint density at radius 3 is 2.83 bits per heavy atom. The molecule has 0 spiro atoms. The molecular formula is C17H20N2O3S. The lowest BCUT2D eigenvalue weighted by molar-refractivity contribution is -0.148. The molecule has 2 aliphatic carbocycles. The number of thiophene rings is 1. The predicted octanol–water partition coefficient (Wildman–Crippen LogP) is 2.88. The van der Waals surface area contributed by atoms with Crippen LogP contribution in [0.3, 0.4) is 0 Å². The van der Waals surface area contributed by atoms with Gasteiger partial charge in [0.2, 0.25) is 0 Å². The van der Waals surface area contributed by atoms with Crippen molar-refractivity contribution in [2.75, 3.05) is 11.9 Å². The minimum Gasteiger partial charge on any atom is -0.455 e. The number of rotatable bonds is 4. The molecule has 1 fully saturated rings. The van der Waals surface area contributed by atoms with E-state index in [4.69, 9.17) is 4.74 Å². The molecule has 23 heavy (non-hydrogen) atoms. The average Bonchev–Trinajstić information content (AvgIpc) is 3.14. The molecule has 0 saturated heterocycles. The zero-order valence-electron chi connectivity index (χ0n) is 13.3. The van der Waals surface area contributed by atoms with E-state index < -0.39 is 0 Å². The maximum Gasteiger partial charge on any atom is 0.309 e. The molecule has 1 aromatic rings. The third kappa shape index (κ3) is 3.40. The molecule has 1 heterocycles.